The fourth-order valence-corrected chi connectivity index (χ4v) is 7.39. The number of aryl methyl sites for hydroxylation is 2. The molecule has 3 nitrogen and oxygen atoms in total. The van der Waals surface area contributed by atoms with Crippen LogP contribution in [0.25, 0.3) is 44.3 Å². The quantitative estimate of drug-likeness (QED) is 0.227. The maximum absolute atomic E-state index is 10.3. The van der Waals surface area contributed by atoms with Crippen LogP contribution in [0.3, 0.4) is 0 Å². The summed E-state index contributed by atoms with van der Waals surface area (Å²) in [6.07, 6.45) is 13.5. The normalized spacial score (nSPS) is 15.9. The van der Waals surface area contributed by atoms with Crippen molar-refractivity contribution < 1.29 is 8.98 Å². The predicted octanol–water partition coefficient (Wildman–Crippen LogP) is 8.85. The summed E-state index contributed by atoms with van der Waals surface area (Å²) in [4.78, 5) is 0. The largest absolute Gasteiger partial charge is 0.454 e. The molecule has 0 saturated heterocycles. The lowest BCUT2D eigenvalue weighted by Crippen LogP contribution is -2.30. The highest BCUT2D eigenvalue weighted by atomic mass is 16.3. The number of benzene rings is 3. The molecule has 39 heavy (non-hydrogen) atoms. The molecule has 2 aliphatic rings. The van der Waals surface area contributed by atoms with Crippen molar-refractivity contribution in [3.8, 4) is 28.5 Å². The van der Waals surface area contributed by atoms with E-state index in [-0.39, 0.29) is 0 Å². The molecule has 3 heteroatoms. The molecule has 1 saturated carbocycles. The molecule has 2 heterocycles. The van der Waals surface area contributed by atoms with Crippen molar-refractivity contribution >= 4 is 21.9 Å². The first kappa shape index (κ1) is 24.2. The van der Waals surface area contributed by atoms with Crippen molar-refractivity contribution in [2.45, 2.75) is 70.6 Å². The zero-order chi connectivity index (χ0) is 26.5. The minimum atomic E-state index is 0.689. The first-order valence-corrected chi connectivity index (χ1v) is 14.6. The van der Waals surface area contributed by atoms with E-state index >= 15 is 0 Å². The molecule has 5 aromatic rings. The molecule has 194 valence electrons. The molecule has 1 fully saturated rings. The standard InChI is InChI=1S/C36H35N2O/c1-23-15-17-30-31-18-16-25(22-37)34(36(31)39-35(30)33(23)32-14-8-9-21-38(32)2)29-20-19-26(24-10-4-3-5-11-24)27-12-6-7-13-28(27)29/h8-9,14-21,24H,3-7,10-13H2,1-2H3/q+1. The van der Waals surface area contributed by atoms with Gasteiger partial charge in [-0.2, -0.15) is 5.26 Å². The summed E-state index contributed by atoms with van der Waals surface area (Å²) >= 11 is 0. The van der Waals surface area contributed by atoms with E-state index in [1.807, 2.05) is 6.07 Å². The van der Waals surface area contributed by atoms with Gasteiger partial charge in [0.2, 0.25) is 5.69 Å². The van der Waals surface area contributed by atoms with Gasteiger partial charge in [0, 0.05) is 28.5 Å². The molecule has 0 aliphatic heterocycles. The Balaban J connectivity index is 1.51. The van der Waals surface area contributed by atoms with Gasteiger partial charge in [-0.3, -0.25) is 0 Å². The number of hydrogen-bond acceptors (Lipinski definition) is 2. The summed E-state index contributed by atoms with van der Waals surface area (Å²) < 4.78 is 9.02. The molecule has 0 unspecified atom stereocenters. The van der Waals surface area contributed by atoms with Crippen molar-refractivity contribution in [1.29, 1.82) is 5.26 Å². The fraction of sp³-hybridized carbons (Fsp3) is 0.333. The second-order valence-corrected chi connectivity index (χ2v) is 11.6. The summed E-state index contributed by atoms with van der Waals surface area (Å²) in [7, 11) is 2.08. The van der Waals surface area contributed by atoms with Crippen molar-refractivity contribution in [2.24, 2.45) is 7.05 Å². The van der Waals surface area contributed by atoms with E-state index in [9.17, 15) is 5.26 Å². The number of aromatic nitrogens is 1. The number of pyridine rings is 1. The SMILES string of the molecule is Cc1ccc2c(oc3c(-c4ccc(C5CCCCC5)c5c4CCCC5)c(C#N)ccc32)c1-c1cccc[n+]1C. The maximum atomic E-state index is 10.3. The van der Waals surface area contributed by atoms with E-state index in [0.29, 0.717) is 11.5 Å². The Kier molecular flexibility index (Phi) is 6.00. The molecule has 0 radical (unpaired) electrons. The zero-order valence-electron chi connectivity index (χ0n) is 23.0. The number of nitriles is 1. The van der Waals surface area contributed by atoms with Gasteiger partial charge in [0.25, 0.3) is 0 Å². The average Bonchev–Trinajstić information content (AvgIpc) is 3.36. The summed E-state index contributed by atoms with van der Waals surface area (Å²) in [6.45, 7) is 2.15. The molecule has 0 spiro atoms. The van der Waals surface area contributed by atoms with Crippen LogP contribution in [-0.4, -0.2) is 0 Å². The van der Waals surface area contributed by atoms with E-state index in [1.54, 1.807) is 11.1 Å². The van der Waals surface area contributed by atoms with Gasteiger partial charge in [-0.25, -0.2) is 4.57 Å². The van der Waals surface area contributed by atoms with Gasteiger partial charge in [0.05, 0.1) is 17.2 Å². The molecule has 0 amide bonds. The lowest BCUT2D eigenvalue weighted by atomic mass is 9.75. The van der Waals surface area contributed by atoms with Gasteiger partial charge in [-0.15, -0.1) is 0 Å². The molecule has 7 rings (SSSR count). The Morgan fingerprint density at radius 1 is 0.795 bits per heavy atom. The lowest BCUT2D eigenvalue weighted by Gasteiger charge is -2.29. The van der Waals surface area contributed by atoms with Crippen LogP contribution in [0.1, 0.15) is 78.7 Å². The Morgan fingerprint density at radius 3 is 2.31 bits per heavy atom. The van der Waals surface area contributed by atoms with Crippen LogP contribution in [-0.2, 0) is 19.9 Å². The highest BCUT2D eigenvalue weighted by molar-refractivity contribution is 6.14. The first-order chi connectivity index (χ1) is 19.2. The summed E-state index contributed by atoms with van der Waals surface area (Å²) in [6, 6.07) is 22.0. The van der Waals surface area contributed by atoms with Crippen molar-refractivity contribution in [1.82, 2.24) is 0 Å². The molecule has 0 N–H and O–H groups in total. The second-order valence-electron chi connectivity index (χ2n) is 11.6. The van der Waals surface area contributed by atoms with Gasteiger partial charge in [-0.1, -0.05) is 43.5 Å². The zero-order valence-corrected chi connectivity index (χ0v) is 23.0. The monoisotopic (exact) mass is 511 g/mol. The number of nitrogens with zero attached hydrogens (tertiary/aromatic N) is 2. The smallest absolute Gasteiger partial charge is 0.216 e. The topological polar surface area (TPSA) is 40.8 Å². The van der Waals surface area contributed by atoms with Crippen LogP contribution in [0.2, 0.25) is 0 Å². The first-order valence-electron chi connectivity index (χ1n) is 14.6. The maximum Gasteiger partial charge on any atom is 0.216 e. The fourth-order valence-electron chi connectivity index (χ4n) is 7.39. The summed E-state index contributed by atoms with van der Waals surface area (Å²) in [5, 5.41) is 12.5. The van der Waals surface area contributed by atoms with Crippen LogP contribution in [0.5, 0.6) is 0 Å². The van der Waals surface area contributed by atoms with E-state index in [2.05, 4.69) is 79.3 Å². The van der Waals surface area contributed by atoms with Crippen molar-refractivity contribution in [2.75, 3.05) is 0 Å². The van der Waals surface area contributed by atoms with Crippen LogP contribution in [0.4, 0.5) is 0 Å². The summed E-state index contributed by atoms with van der Waals surface area (Å²) in [5.74, 6) is 0.689. The van der Waals surface area contributed by atoms with Crippen molar-refractivity contribution in [3.05, 3.63) is 88.6 Å². The van der Waals surface area contributed by atoms with Gasteiger partial charge in [0.15, 0.2) is 6.20 Å². The van der Waals surface area contributed by atoms with Gasteiger partial charge < -0.3 is 4.42 Å². The highest BCUT2D eigenvalue weighted by Crippen LogP contribution is 2.46. The minimum absolute atomic E-state index is 0.689. The molecule has 2 aliphatic carbocycles. The van der Waals surface area contributed by atoms with Crippen LogP contribution in [0, 0.1) is 18.3 Å². The van der Waals surface area contributed by atoms with Crippen molar-refractivity contribution in [3.63, 3.8) is 0 Å². The minimum Gasteiger partial charge on any atom is -0.454 e. The lowest BCUT2D eigenvalue weighted by molar-refractivity contribution is -0.660. The predicted molar refractivity (Wildman–Crippen MR) is 158 cm³/mol. The molecule has 0 atom stereocenters. The Morgan fingerprint density at radius 2 is 1.54 bits per heavy atom. The molecular weight excluding hydrogens is 476 g/mol. The average molecular weight is 512 g/mol. The second kappa shape index (κ2) is 9.69. The Hall–Kier alpha value is -3.90. The number of hydrogen-bond donors (Lipinski definition) is 0. The van der Waals surface area contributed by atoms with Crippen LogP contribution < -0.4 is 4.57 Å². The molecular formula is C36H35N2O+. The highest BCUT2D eigenvalue weighted by Gasteiger charge is 2.27. The van der Waals surface area contributed by atoms with Crippen LogP contribution in [0.15, 0.2) is 65.2 Å². The van der Waals surface area contributed by atoms with Gasteiger partial charge in [-0.05, 0) is 97.4 Å². The molecule has 2 aromatic heterocycles. The number of fused-ring (bicyclic) bond motifs is 4. The van der Waals surface area contributed by atoms with Crippen LogP contribution >= 0.6 is 0 Å². The molecule has 3 aromatic carbocycles. The number of furan rings is 1. The number of rotatable bonds is 3. The Bertz CT molecular complexity index is 1780. The van der Waals surface area contributed by atoms with E-state index in [1.165, 1.54) is 61.6 Å². The van der Waals surface area contributed by atoms with E-state index < -0.39 is 0 Å². The van der Waals surface area contributed by atoms with Gasteiger partial charge >= 0.3 is 0 Å². The third-order valence-corrected chi connectivity index (χ3v) is 9.33. The third kappa shape index (κ3) is 3.89. The third-order valence-electron chi connectivity index (χ3n) is 9.33. The summed E-state index contributed by atoms with van der Waals surface area (Å²) in [5.41, 5.74) is 12.6. The molecule has 0 bridgehead atoms. The Labute approximate surface area is 230 Å². The van der Waals surface area contributed by atoms with Gasteiger partial charge in [0.1, 0.15) is 18.2 Å². The van der Waals surface area contributed by atoms with E-state index in [4.69, 9.17) is 4.42 Å². The van der Waals surface area contributed by atoms with E-state index in [0.717, 1.165) is 51.6 Å².